The Morgan fingerprint density at radius 1 is 1.24 bits per heavy atom. The number of aliphatic carboxylic acids is 1. The molecule has 0 aliphatic rings. The number of fused-ring (bicyclic) bond motifs is 2. The number of alkyl halides is 2. The summed E-state index contributed by atoms with van der Waals surface area (Å²) in [5, 5.41) is 24.9. The maximum atomic E-state index is 15.7. The number of rotatable bonds is 6. The molecule has 0 unspecified atom stereocenters. The number of nitrogens with zero attached hydrogens (tertiary/aromatic N) is 3. The summed E-state index contributed by atoms with van der Waals surface area (Å²) < 4.78 is 59.8. The minimum Gasteiger partial charge on any atom is -0.477 e. The highest BCUT2D eigenvalue weighted by molar-refractivity contribution is 6.00. The summed E-state index contributed by atoms with van der Waals surface area (Å²) in [6.07, 6.45) is -0.0591. The molecule has 170 valence electrons. The summed E-state index contributed by atoms with van der Waals surface area (Å²) in [5.74, 6) is -7.95. The SMILES string of the molecule is CC(C)(CC#N)c1c(CC(F)(F)C(=O)O)c2c(F)c3[nH]ncc3cc2n1-c1ccc(F)cc1. The van der Waals surface area contributed by atoms with Crippen LogP contribution in [-0.2, 0) is 16.6 Å². The van der Waals surface area contributed by atoms with Gasteiger partial charge in [0.1, 0.15) is 11.3 Å². The van der Waals surface area contributed by atoms with Crippen LogP contribution in [0.4, 0.5) is 17.6 Å². The molecule has 0 atom stereocenters. The van der Waals surface area contributed by atoms with Gasteiger partial charge in [0.25, 0.3) is 0 Å². The van der Waals surface area contributed by atoms with E-state index in [1.54, 1.807) is 13.8 Å². The van der Waals surface area contributed by atoms with Crippen molar-refractivity contribution in [2.45, 2.75) is 38.0 Å². The van der Waals surface area contributed by atoms with E-state index in [1.165, 1.54) is 41.1 Å². The van der Waals surface area contributed by atoms with E-state index in [2.05, 4.69) is 10.2 Å². The lowest BCUT2D eigenvalue weighted by Crippen LogP contribution is -2.32. The Bertz CT molecular complexity index is 1430. The minimum absolute atomic E-state index is 0.0247. The normalized spacial score (nSPS) is 12.4. The molecule has 4 rings (SSSR count). The molecule has 0 saturated carbocycles. The lowest BCUT2D eigenvalue weighted by Gasteiger charge is -2.27. The number of hydrogen-bond acceptors (Lipinski definition) is 3. The fraction of sp³-hybridized carbons (Fsp3) is 0.261. The Kier molecular flexibility index (Phi) is 5.16. The van der Waals surface area contributed by atoms with Crippen molar-refractivity contribution in [1.29, 1.82) is 5.26 Å². The van der Waals surface area contributed by atoms with Crippen LogP contribution in [0.5, 0.6) is 0 Å². The maximum absolute atomic E-state index is 15.7. The first kappa shape index (κ1) is 22.3. The lowest BCUT2D eigenvalue weighted by molar-refractivity contribution is -0.164. The van der Waals surface area contributed by atoms with Gasteiger partial charge < -0.3 is 9.67 Å². The smallest absolute Gasteiger partial charge is 0.374 e. The first-order valence-electron chi connectivity index (χ1n) is 9.91. The van der Waals surface area contributed by atoms with Gasteiger partial charge in [0.15, 0.2) is 5.82 Å². The van der Waals surface area contributed by atoms with Crippen LogP contribution >= 0.6 is 0 Å². The second-order valence-electron chi connectivity index (χ2n) is 8.46. The van der Waals surface area contributed by atoms with Crippen LogP contribution in [0.2, 0.25) is 0 Å². The van der Waals surface area contributed by atoms with Crippen molar-refractivity contribution in [2.24, 2.45) is 0 Å². The zero-order valence-corrected chi connectivity index (χ0v) is 17.6. The van der Waals surface area contributed by atoms with Crippen LogP contribution in [0.25, 0.3) is 27.5 Å². The van der Waals surface area contributed by atoms with Crippen LogP contribution < -0.4 is 0 Å². The number of benzene rings is 2. The van der Waals surface area contributed by atoms with Gasteiger partial charge in [-0.05, 0) is 35.9 Å². The number of aromatic nitrogens is 3. The zero-order chi connectivity index (χ0) is 24.1. The Morgan fingerprint density at radius 3 is 2.52 bits per heavy atom. The number of nitriles is 1. The Hall–Kier alpha value is -3.87. The highest BCUT2D eigenvalue weighted by Crippen LogP contribution is 2.43. The van der Waals surface area contributed by atoms with E-state index >= 15 is 4.39 Å². The second kappa shape index (κ2) is 7.62. The van der Waals surface area contributed by atoms with Crippen molar-refractivity contribution in [3.05, 3.63) is 59.4 Å². The highest BCUT2D eigenvalue weighted by Gasteiger charge is 2.43. The Balaban J connectivity index is 2.22. The average Bonchev–Trinajstić information content (AvgIpc) is 3.32. The van der Waals surface area contributed by atoms with Crippen molar-refractivity contribution >= 4 is 27.8 Å². The molecule has 2 aromatic carbocycles. The van der Waals surface area contributed by atoms with E-state index in [9.17, 15) is 23.2 Å². The number of aromatic amines is 1. The van der Waals surface area contributed by atoms with E-state index in [0.29, 0.717) is 11.1 Å². The fourth-order valence-electron chi connectivity index (χ4n) is 4.20. The third kappa shape index (κ3) is 3.59. The van der Waals surface area contributed by atoms with Crippen LogP contribution in [0, 0.1) is 23.0 Å². The van der Waals surface area contributed by atoms with Crippen molar-refractivity contribution in [2.75, 3.05) is 0 Å². The monoisotopic (exact) mass is 458 g/mol. The van der Waals surface area contributed by atoms with E-state index < -0.39 is 35.4 Å². The molecule has 33 heavy (non-hydrogen) atoms. The van der Waals surface area contributed by atoms with Gasteiger partial charge in [0.2, 0.25) is 0 Å². The van der Waals surface area contributed by atoms with Gasteiger partial charge in [-0.1, -0.05) is 13.8 Å². The molecule has 0 spiro atoms. The Morgan fingerprint density at radius 2 is 1.91 bits per heavy atom. The topological polar surface area (TPSA) is 94.7 Å². The van der Waals surface area contributed by atoms with E-state index in [1.807, 2.05) is 6.07 Å². The van der Waals surface area contributed by atoms with E-state index in [4.69, 9.17) is 5.11 Å². The highest BCUT2D eigenvalue weighted by atomic mass is 19.3. The van der Waals surface area contributed by atoms with E-state index in [-0.39, 0.29) is 34.1 Å². The number of halogens is 4. The predicted octanol–water partition coefficient (Wildman–Crippen LogP) is 5.24. The molecule has 0 radical (unpaired) electrons. The lowest BCUT2D eigenvalue weighted by atomic mass is 9.82. The number of carboxylic acids is 1. The number of H-pyrrole nitrogens is 1. The van der Waals surface area contributed by atoms with Crippen molar-refractivity contribution in [3.63, 3.8) is 0 Å². The molecule has 0 fully saturated rings. The van der Waals surface area contributed by atoms with Gasteiger partial charge in [-0.25, -0.2) is 13.6 Å². The van der Waals surface area contributed by atoms with Crippen LogP contribution in [0.3, 0.4) is 0 Å². The molecule has 0 aliphatic heterocycles. The molecule has 6 nitrogen and oxygen atoms in total. The molecule has 4 aromatic rings. The van der Waals surface area contributed by atoms with Gasteiger partial charge in [-0.2, -0.15) is 19.1 Å². The molecular formula is C23H18F4N4O2. The molecule has 0 aliphatic carbocycles. The number of carbonyl (C=O) groups is 1. The summed E-state index contributed by atoms with van der Waals surface area (Å²) in [4.78, 5) is 11.3. The standard InChI is InChI=1S/C23H18F4N4O2/c1-22(2,7-8-28)20-15(10-23(26,27)21(32)33)17-16(9-12-11-29-30-19(12)18(17)25)31(20)14-5-3-13(24)4-6-14/h3-6,9,11H,7,10H2,1-2H3,(H,29,30)(H,32,33). The molecule has 2 heterocycles. The molecular weight excluding hydrogens is 440 g/mol. The van der Waals surface area contributed by atoms with Crippen molar-refractivity contribution in [3.8, 4) is 11.8 Å². The van der Waals surface area contributed by atoms with Gasteiger partial charge in [-0.3, -0.25) is 5.10 Å². The van der Waals surface area contributed by atoms with Gasteiger partial charge in [0, 0.05) is 34.0 Å². The third-order valence-corrected chi connectivity index (χ3v) is 5.67. The maximum Gasteiger partial charge on any atom is 0.374 e. The summed E-state index contributed by atoms with van der Waals surface area (Å²) in [6, 6.07) is 8.68. The zero-order valence-electron chi connectivity index (χ0n) is 17.6. The van der Waals surface area contributed by atoms with Crippen LogP contribution in [0.1, 0.15) is 31.5 Å². The van der Waals surface area contributed by atoms with Gasteiger partial charge in [-0.15, -0.1) is 0 Å². The summed E-state index contributed by atoms with van der Waals surface area (Å²) in [7, 11) is 0. The first-order chi connectivity index (χ1) is 15.5. The number of nitrogens with one attached hydrogen (secondary N) is 1. The van der Waals surface area contributed by atoms with E-state index in [0.717, 1.165) is 0 Å². The molecule has 10 heteroatoms. The fourth-order valence-corrected chi connectivity index (χ4v) is 4.20. The predicted molar refractivity (Wildman–Crippen MR) is 112 cm³/mol. The summed E-state index contributed by atoms with van der Waals surface area (Å²) >= 11 is 0. The quantitative estimate of drug-likeness (QED) is 0.387. The van der Waals surface area contributed by atoms with Crippen LogP contribution in [-0.4, -0.2) is 31.8 Å². The Labute approximate surface area is 185 Å². The van der Waals surface area contributed by atoms with Crippen LogP contribution in [0.15, 0.2) is 36.5 Å². The minimum atomic E-state index is -4.20. The molecule has 0 bridgehead atoms. The van der Waals surface area contributed by atoms with Gasteiger partial charge >= 0.3 is 11.9 Å². The largest absolute Gasteiger partial charge is 0.477 e. The molecule has 2 aromatic heterocycles. The van der Waals surface area contributed by atoms with Gasteiger partial charge in [0.05, 0.1) is 24.2 Å². The van der Waals surface area contributed by atoms with Crippen molar-refractivity contribution in [1.82, 2.24) is 14.8 Å². The molecule has 0 amide bonds. The average molecular weight is 458 g/mol. The summed E-state index contributed by atoms with van der Waals surface area (Å²) in [6.45, 7) is 3.25. The number of hydrogen-bond donors (Lipinski definition) is 2. The summed E-state index contributed by atoms with van der Waals surface area (Å²) in [5.41, 5.74) is -0.699. The molecule has 2 N–H and O–H groups in total. The van der Waals surface area contributed by atoms with Crippen molar-refractivity contribution < 1.29 is 27.5 Å². The first-order valence-corrected chi connectivity index (χ1v) is 9.91. The third-order valence-electron chi connectivity index (χ3n) is 5.67. The molecule has 0 saturated heterocycles. The second-order valence-corrected chi connectivity index (χ2v) is 8.46. The number of carboxylic acid groups (broad SMARTS) is 1.